The Morgan fingerprint density at radius 1 is 1.16 bits per heavy atom. The zero-order chi connectivity index (χ0) is 14.3. The average Bonchev–Trinajstić information content (AvgIpc) is 2.42. The Labute approximate surface area is 113 Å². The second-order valence-corrected chi connectivity index (χ2v) is 4.41. The number of likely N-dealkylation sites (N-methyl/N-ethyl adjacent to an activating group) is 1. The Balaban J connectivity index is 2.28. The zero-order valence-electron chi connectivity index (χ0n) is 11.6. The third-order valence-corrected chi connectivity index (χ3v) is 2.81. The molecular formula is C14H21N3O2. The van der Waals surface area contributed by atoms with Gasteiger partial charge in [-0.2, -0.15) is 0 Å². The summed E-state index contributed by atoms with van der Waals surface area (Å²) in [6.45, 7) is 4.78. The van der Waals surface area contributed by atoms with Crippen LogP contribution in [0.3, 0.4) is 0 Å². The number of benzene rings is 1. The van der Waals surface area contributed by atoms with E-state index in [1.165, 1.54) is 0 Å². The fourth-order valence-corrected chi connectivity index (χ4v) is 1.58. The summed E-state index contributed by atoms with van der Waals surface area (Å²) < 4.78 is 0. The fraction of sp³-hybridized carbons (Fsp3) is 0.429. The normalized spacial score (nSPS) is 11.7. The van der Waals surface area contributed by atoms with Crippen molar-refractivity contribution in [2.75, 3.05) is 20.1 Å². The minimum atomic E-state index is -0.263. The van der Waals surface area contributed by atoms with Gasteiger partial charge < -0.3 is 16.0 Å². The lowest BCUT2D eigenvalue weighted by atomic mass is 10.1. The first-order valence-corrected chi connectivity index (χ1v) is 6.34. The van der Waals surface area contributed by atoms with Gasteiger partial charge in [-0.1, -0.05) is 17.7 Å². The molecule has 19 heavy (non-hydrogen) atoms. The van der Waals surface area contributed by atoms with Crippen LogP contribution in [0.2, 0.25) is 0 Å². The summed E-state index contributed by atoms with van der Waals surface area (Å²) in [4.78, 5) is 23.0. The van der Waals surface area contributed by atoms with Crippen LogP contribution >= 0.6 is 0 Å². The first-order valence-electron chi connectivity index (χ1n) is 6.34. The summed E-state index contributed by atoms with van der Waals surface area (Å²) >= 11 is 0. The van der Waals surface area contributed by atoms with E-state index in [0.29, 0.717) is 18.7 Å². The van der Waals surface area contributed by atoms with Gasteiger partial charge in [-0.05, 0) is 26.0 Å². The molecule has 0 aromatic heterocycles. The molecule has 0 heterocycles. The van der Waals surface area contributed by atoms with Crippen LogP contribution < -0.4 is 16.0 Å². The standard InChI is InChI=1S/C14H21N3O2/c1-10-4-6-12(7-5-10)14(19)17-9-8-16-11(2)13(18)15-3/h4-7,11,16H,8-9H2,1-3H3,(H,15,18)(H,17,19). The number of amides is 2. The maximum atomic E-state index is 11.8. The van der Waals surface area contributed by atoms with Crippen molar-refractivity contribution in [1.29, 1.82) is 0 Å². The maximum absolute atomic E-state index is 11.8. The van der Waals surface area contributed by atoms with Gasteiger partial charge in [0.15, 0.2) is 0 Å². The molecule has 5 nitrogen and oxygen atoms in total. The van der Waals surface area contributed by atoms with Gasteiger partial charge in [-0.25, -0.2) is 0 Å². The summed E-state index contributed by atoms with van der Waals surface area (Å²) in [5.74, 6) is -0.167. The molecule has 3 N–H and O–H groups in total. The highest BCUT2D eigenvalue weighted by atomic mass is 16.2. The minimum Gasteiger partial charge on any atom is -0.358 e. The summed E-state index contributed by atoms with van der Waals surface area (Å²) in [5, 5.41) is 8.38. The van der Waals surface area contributed by atoms with Crippen LogP contribution in [0.25, 0.3) is 0 Å². The molecule has 0 aliphatic carbocycles. The average molecular weight is 263 g/mol. The quantitative estimate of drug-likeness (QED) is 0.653. The zero-order valence-corrected chi connectivity index (χ0v) is 11.6. The molecule has 0 spiro atoms. The van der Waals surface area contributed by atoms with Crippen LogP contribution in [0.5, 0.6) is 0 Å². The first-order chi connectivity index (χ1) is 9.04. The molecule has 1 unspecified atom stereocenters. The lowest BCUT2D eigenvalue weighted by Gasteiger charge is -2.12. The molecule has 1 aromatic rings. The van der Waals surface area contributed by atoms with Crippen molar-refractivity contribution in [3.8, 4) is 0 Å². The van der Waals surface area contributed by atoms with E-state index in [4.69, 9.17) is 0 Å². The highest BCUT2D eigenvalue weighted by Gasteiger charge is 2.09. The summed E-state index contributed by atoms with van der Waals surface area (Å²) in [6, 6.07) is 7.14. The predicted octanol–water partition coefficient (Wildman–Crippen LogP) is 0.449. The Hall–Kier alpha value is -1.88. The molecule has 1 aromatic carbocycles. The number of aryl methyl sites for hydroxylation is 1. The number of hydrogen-bond acceptors (Lipinski definition) is 3. The monoisotopic (exact) mass is 263 g/mol. The molecule has 0 fully saturated rings. The third kappa shape index (κ3) is 5.09. The SMILES string of the molecule is CNC(=O)C(C)NCCNC(=O)c1ccc(C)cc1. The minimum absolute atomic E-state index is 0.0649. The van der Waals surface area contributed by atoms with Crippen molar-refractivity contribution >= 4 is 11.8 Å². The summed E-state index contributed by atoms with van der Waals surface area (Å²) in [7, 11) is 1.60. The Morgan fingerprint density at radius 2 is 1.79 bits per heavy atom. The van der Waals surface area contributed by atoms with E-state index in [1.807, 2.05) is 19.1 Å². The highest BCUT2D eigenvalue weighted by Crippen LogP contribution is 2.02. The van der Waals surface area contributed by atoms with Crippen LogP contribution in [-0.2, 0) is 4.79 Å². The van der Waals surface area contributed by atoms with Crippen LogP contribution in [0.4, 0.5) is 0 Å². The number of rotatable bonds is 6. The molecule has 0 aliphatic heterocycles. The summed E-state index contributed by atoms with van der Waals surface area (Å²) in [6.07, 6.45) is 0. The lowest BCUT2D eigenvalue weighted by molar-refractivity contribution is -0.122. The Morgan fingerprint density at radius 3 is 2.37 bits per heavy atom. The van der Waals surface area contributed by atoms with Crippen molar-refractivity contribution in [2.24, 2.45) is 0 Å². The molecule has 5 heteroatoms. The molecule has 1 rings (SSSR count). The van der Waals surface area contributed by atoms with Gasteiger partial charge in [0.05, 0.1) is 6.04 Å². The molecular weight excluding hydrogens is 242 g/mol. The van der Waals surface area contributed by atoms with E-state index < -0.39 is 0 Å². The van der Waals surface area contributed by atoms with E-state index >= 15 is 0 Å². The van der Waals surface area contributed by atoms with Gasteiger partial charge in [0, 0.05) is 25.7 Å². The van der Waals surface area contributed by atoms with Crippen LogP contribution in [0, 0.1) is 6.92 Å². The first kappa shape index (κ1) is 15.2. The maximum Gasteiger partial charge on any atom is 0.251 e. The van der Waals surface area contributed by atoms with Crippen LogP contribution in [0.1, 0.15) is 22.8 Å². The second-order valence-electron chi connectivity index (χ2n) is 4.41. The van der Waals surface area contributed by atoms with Crippen molar-refractivity contribution in [3.63, 3.8) is 0 Å². The van der Waals surface area contributed by atoms with E-state index in [0.717, 1.165) is 5.56 Å². The smallest absolute Gasteiger partial charge is 0.251 e. The van der Waals surface area contributed by atoms with Gasteiger partial charge in [-0.3, -0.25) is 9.59 Å². The van der Waals surface area contributed by atoms with Crippen molar-refractivity contribution in [1.82, 2.24) is 16.0 Å². The molecule has 1 atom stereocenters. The second kappa shape index (κ2) is 7.53. The Kier molecular flexibility index (Phi) is 6.02. The van der Waals surface area contributed by atoms with Crippen LogP contribution in [0.15, 0.2) is 24.3 Å². The van der Waals surface area contributed by atoms with Crippen LogP contribution in [-0.4, -0.2) is 38.0 Å². The summed E-state index contributed by atoms with van der Waals surface area (Å²) in [5.41, 5.74) is 1.77. The molecule has 0 saturated heterocycles. The predicted molar refractivity (Wildman–Crippen MR) is 75.0 cm³/mol. The van der Waals surface area contributed by atoms with Crippen molar-refractivity contribution in [3.05, 3.63) is 35.4 Å². The van der Waals surface area contributed by atoms with E-state index in [-0.39, 0.29) is 17.9 Å². The van der Waals surface area contributed by atoms with Crippen molar-refractivity contribution < 1.29 is 9.59 Å². The molecule has 0 bridgehead atoms. The van der Waals surface area contributed by atoms with Gasteiger partial charge in [-0.15, -0.1) is 0 Å². The number of carbonyl (C=O) groups excluding carboxylic acids is 2. The van der Waals surface area contributed by atoms with Crippen molar-refractivity contribution in [2.45, 2.75) is 19.9 Å². The molecule has 104 valence electrons. The molecule has 2 amide bonds. The van der Waals surface area contributed by atoms with Gasteiger partial charge in [0.25, 0.3) is 5.91 Å². The van der Waals surface area contributed by atoms with Gasteiger partial charge >= 0.3 is 0 Å². The largest absolute Gasteiger partial charge is 0.358 e. The lowest BCUT2D eigenvalue weighted by Crippen LogP contribution is -2.43. The van der Waals surface area contributed by atoms with E-state index in [9.17, 15) is 9.59 Å². The molecule has 0 aliphatic rings. The molecule has 0 saturated carbocycles. The Bertz CT molecular complexity index is 429. The number of carbonyl (C=O) groups is 2. The number of hydrogen-bond donors (Lipinski definition) is 3. The third-order valence-electron chi connectivity index (χ3n) is 2.81. The fourth-order valence-electron chi connectivity index (χ4n) is 1.58. The van der Waals surface area contributed by atoms with Gasteiger partial charge in [0.1, 0.15) is 0 Å². The molecule has 0 radical (unpaired) electrons. The van der Waals surface area contributed by atoms with Gasteiger partial charge in [0.2, 0.25) is 5.91 Å². The topological polar surface area (TPSA) is 70.2 Å². The van der Waals surface area contributed by atoms with E-state index in [2.05, 4.69) is 16.0 Å². The van der Waals surface area contributed by atoms with E-state index in [1.54, 1.807) is 26.1 Å². The highest BCUT2D eigenvalue weighted by molar-refractivity contribution is 5.94. The number of nitrogens with one attached hydrogen (secondary N) is 3.